The third-order valence-corrected chi connectivity index (χ3v) is 6.38. The molecule has 1 aliphatic heterocycles. The molecule has 0 bridgehead atoms. The van der Waals surface area contributed by atoms with Gasteiger partial charge in [-0.05, 0) is 59.9 Å². The van der Waals surface area contributed by atoms with Crippen molar-refractivity contribution in [1.82, 2.24) is 4.90 Å². The number of benzene rings is 2. The quantitative estimate of drug-likeness (QED) is 0.869. The number of fused-ring (bicyclic) bond motifs is 1. The Morgan fingerprint density at radius 1 is 1.15 bits per heavy atom. The minimum atomic E-state index is 0.105. The van der Waals surface area contributed by atoms with Crippen molar-refractivity contribution in [2.24, 2.45) is 23.5 Å². The standard InChI is InChI=1S/C22H25ClN2O/c1-14-10-16-13-25(21(12-24)20(16)11-14)22(26)19-5-3-2-4-18(19)15-6-8-17(23)9-7-15/h2-9,14,16,20-21H,10-13,24H2,1H3/t14?,16-,20-,21+/m0/s1. The van der Waals surface area contributed by atoms with Gasteiger partial charge in [0.1, 0.15) is 0 Å². The molecule has 4 rings (SSSR count). The smallest absolute Gasteiger partial charge is 0.254 e. The zero-order chi connectivity index (χ0) is 18.3. The van der Waals surface area contributed by atoms with Gasteiger partial charge in [-0.1, -0.05) is 48.9 Å². The molecule has 2 aromatic carbocycles. The highest BCUT2D eigenvalue weighted by Crippen LogP contribution is 2.45. The van der Waals surface area contributed by atoms with E-state index in [2.05, 4.69) is 6.92 Å². The van der Waals surface area contributed by atoms with Gasteiger partial charge in [0.05, 0.1) is 0 Å². The summed E-state index contributed by atoms with van der Waals surface area (Å²) in [6.07, 6.45) is 2.40. The summed E-state index contributed by atoms with van der Waals surface area (Å²) in [5, 5.41) is 0.697. The molecule has 2 N–H and O–H groups in total. The van der Waals surface area contributed by atoms with Crippen molar-refractivity contribution in [3.63, 3.8) is 0 Å². The van der Waals surface area contributed by atoms with Crippen molar-refractivity contribution in [2.75, 3.05) is 13.1 Å². The second kappa shape index (κ2) is 7.05. The molecule has 1 saturated carbocycles. The molecule has 1 aliphatic carbocycles. The van der Waals surface area contributed by atoms with Crippen LogP contribution in [0.2, 0.25) is 5.02 Å². The van der Waals surface area contributed by atoms with E-state index in [4.69, 9.17) is 17.3 Å². The molecule has 4 heteroatoms. The molecule has 0 spiro atoms. The summed E-state index contributed by atoms with van der Waals surface area (Å²) in [6.45, 7) is 3.70. The summed E-state index contributed by atoms with van der Waals surface area (Å²) < 4.78 is 0. The molecule has 1 heterocycles. The van der Waals surface area contributed by atoms with E-state index in [1.165, 1.54) is 12.8 Å². The fourth-order valence-corrected chi connectivity index (χ4v) is 5.11. The van der Waals surface area contributed by atoms with E-state index in [1.54, 1.807) is 0 Å². The molecular formula is C22H25ClN2O. The zero-order valence-corrected chi connectivity index (χ0v) is 15.8. The second-order valence-corrected chi connectivity index (χ2v) is 8.25. The molecule has 2 fully saturated rings. The third kappa shape index (κ3) is 3.04. The highest BCUT2D eigenvalue weighted by molar-refractivity contribution is 6.30. The molecule has 1 unspecified atom stereocenters. The molecule has 1 amide bonds. The summed E-state index contributed by atoms with van der Waals surface area (Å²) in [4.78, 5) is 15.5. The third-order valence-electron chi connectivity index (χ3n) is 6.13. The lowest BCUT2D eigenvalue weighted by molar-refractivity contribution is 0.0716. The normalized spacial score (nSPS) is 27.6. The van der Waals surface area contributed by atoms with Crippen molar-refractivity contribution in [2.45, 2.75) is 25.8 Å². The predicted molar refractivity (Wildman–Crippen MR) is 106 cm³/mol. The van der Waals surface area contributed by atoms with E-state index in [0.717, 1.165) is 29.2 Å². The van der Waals surface area contributed by atoms with Crippen LogP contribution in [0.4, 0.5) is 0 Å². The number of likely N-dealkylation sites (tertiary alicyclic amines) is 1. The van der Waals surface area contributed by atoms with Crippen molar-refractivity contribution in [3.05, 3.63) is 59.1 Å². The van der Waals surface area contributed by atoms with Gasteiger partial charge < -0.3 is 10.6 Å². The summed E-state index contributed by atoms with van der Waals surface area (Å²) >= 11 is 6.02. The maximum absolute atomic E-state index is 13.4. The Balaban J connectivity index is 1.66. The number of carbonyl (C=O) groups excluding carboxylic acids is 1. The van der Waals surface area contributed by atoms with Crippen molar-refractivity contribution >= 4 is 17.5 Å². The van der Waals surface area contributed by atoms with Crippen LogP contribution in [0.15, 0.2) is 48.5 Å². The molecular weight excluding hydrogens is 344 g/mol. The summed E-state index contributed by atoms with van der Waals surface area (Å²) in [5.41, 5.74) is 8.81. The topological polar surface area (TPSA) is 46.3 Å². The molecule has 0 radical (unpaired) electrons. The number of nitrogens with zero attached hydrogens (tertiary/aromatic N) is 1. The maximum atomic E-state index is 13.4. The second-order valence-electron chi connectivity index (χ2n) is 7.81. The first-order valence-corrected chi connectivity index (χ1v) is 9.82. The zero-order valence-electron chi connectivity index (χ0n) is 15.1. The lowest BCUT2D eigenvalue weighted by Gasteiger charge is -2.28. The number of hydrogen-bond acceptors (Lipinski definition) is 2. The average molecular weight is 369 g/mol. The van der Waals surface area contributed by atoms with Crippen LogP contribution in [-0.4, -0.2) is 29.9 Å². The highest BCUT2D eigenvalue weighted by Gasteiger charge is 2.47. The van der Waals surface area contributed by atoms with E-state index < -0.39 is 0 Å². The minimum Gasteiger partial charge on any atom is -0.334 e. The fraction of sp³-hybridized carbons (Fsp3) is 0.409. The highest BCUT2D eigenvalue weighted by atomic mass is 35.5. The summed E-state index contributed by atoms with van der Waals surface area (Å²) in [5.74, 6) is 2.01. The van der Waals surface area contributed by atoms with Crippen LogP contribution in [-0.2, 0) is 0 Å². The molecule has 1 saturated heterocycles. The Morgan fingerprint density at radius 2 is 1.88 bits per heavy atom. The number of nitrogens with two attached hydrogens (primary N) is 1. The first kappa shape index (κ1) is 17.6. The van der Waals surface area contributed by atoms with Gasteiger partial charge >= 0.3 is 0 Å². The Bertz CT molecular complexity index is 804. The van der Waals surface area contributed by atoms with Crippen molar-refractivity contribution < 1.29 is 4.79 Å². The van der Waals surface area contributed by atoms with Crippen molar-refractivity contribution in [1.29, 1.82) is 0 Å². The predicted octanol–water partition coefficient (Wildman–Crippen LogP) is 4.45. The Hall–Kier alpha value is -1.84. The molecule has 4 atom stereocenters. The van der Waals surface area contributed by atoms with Gasteiger partial charge in [-0.3, -0.25) is 4.79 Å². The van der Waals surface area contributed by atoms with Crippen LogP contribution in [0.3, 0.4) is 0 Å². The van der Waals surface area contributed by atoms with Crippen molar-refractivity contribution in [3.8, 4) is 11.1 Å². The van der Waals surface area contributed by atoms with Crippen LogP contribution in [0.25, 0.3) is 11.1 Å². The van der Waals surface area contributed by atoms with E-state index in [0.29, 0.717) is 23.4 Å². The Kier molecular flexibility index (Phi) is 4.76. The van der Waals surface area contributed by atoms with E-state index in [1.807, 2.05) is 53.4 Å². The van der Waals surface area contributed by atoms with Gasteiger partial charge in [0.15, 0.2) is 0 Å². The molecule has 0 aromatic heterocycles. The first-order valence-electron chi connectivity index (χ1n) is 9.44. The lowest BCUT2D eigenvalue weighted by atomic mass is 9.93. The number of carbonyl (C=O) groups is 1. The van der Waals surface area contributed by atoms with Gasteiger partial charge in [0, 0.05) is 29.7 Å². The molecule has 3 nitrogen and oxygen atoms in total. The minimum absolute atomic E-state index is 0.105. The van der Waals surface area contributed by atoms with Gasteiger partial charge in [-0.2, -0.15) is 0 Å². The van der Waals surface area contributed by atoms with E-state index in [9.17, 15) is 4.79 Å². The summed E-state index contributed by atoms with van der Waals surface area (Å²) in [7, 11) is 0. The van der Waals surface area contributed by atoms with Gasteiger partial charge in [0.2, 0.25) is 0 Å². The van der Waals surface area contributed by atoms with Gasteiger partial charge in [0.25, 0.3) is 5.91 Å². The maximum Gasteiger partial charge on any atom is 0.254 e. The largest absolute Gasteiger partial charge is 0.334 e. The molecule has 136 valence electrons. The SMILES string of the molecule is CC1C[C@H]2CN(C(=O)c3ccccc3-c3ccc(Cl)cc3)[C@H](CN)[C@H]2C1. The number of halogens is 1. The first-order chi connectivity index (χ1) is 12.6. The van der Waals surface area contributed by atoms with Crippen LogP contribution in [0.5, 0.6) is 0 Å². The number of hydrogen-bond donors (Lipinski definition) is 1. The van der Waals surface area contributed by atoms with Gasteiger partial charge in [-0.15, -0.1) is 0 Å². The average Bonchev–Trinajstić information content (AvgIpc) is 3.17. The van der Waals surface area contributed by atoms with Crippen LogP contribution in [0, 0.1) is 17.8 Å². The fourth-order valence-electron chi connectivity index (χ4n) is 4.99. The summed E-state index contributed by atoms with van der Waals surface area (Å²) in [6, 6.07) is 15.7. The van der Waals surface area contributed by atoms with Crippen LogP contribution in [0.1, 0.15) is 30.1 Å². The van der Waals surface area contributed by atoms with Gasteiger partial charge in [-0.25, -0.2) is 0 Å². The molecule has 2 aliphatic rings. The van der Waals surface area contributed by atoms with E-state index in [-0.39, 0.29) is 11.9 Å². The van der Waals surface area contributed by atoms with Crippen LogP contribution >= 0.6 is 11.6 Å². The monoisotopic (exact) mass is 368 g/mol. The lowest BCUT2D eigenvalue weighted by Crippen LogP contribution is -2.43. The Labute approximate surface area is 160 Å². The van der Waals surface area contributed by atoms with Crippen LogP contribution < -0.4 is 5.73 Å². The van der Waals surface area contributed by atoms with E-state index >= 15 is 0 Å². The Morgan fingerprint density at radius 3 is 2.62 bits per heavy atom. The molecule has 2 aromatic rings. The molecule has 26 heavy (non-hydrogen) atoms. The number of amides is 1. The number of rotatable bonds is 3.